The normalized spacial score (nSPS) is 11.4. The third-order valence-corrected chi connectivity index (χ3v) is 5.37. The van der Waals surface area contributed by atoms with E-state index in [1.54, 1.807) is 57.5 Å². The number of anilines is 1. The zero-order chi connectivity index (χ0) is 20.1. The van der Waals surface area contributed by atoms with E-state index in [0.717, 1.165) is 5.56 Å². The summed E-state index contributed by atoms with van der Waals surface area (Å²) >= 11 is 0. The van der Waals surface area contributed by atoms with Crippen molar-refractivity contribution in [3.63, 3.8) is 0 Å². The van der Waals surface area contributed by atoms with Crippen LogP contribution in [0.25, 0.3) is 11.4 Å². The van der Waals surface area contributed by atoms with E-state index in [1.807, 2.05) is 0 Å². The molecule has 2 aromatic carbocycles. The van der Waals surface area contributed by atoms with Crippen molar-refractivity contribution < 1.29 is 17.9 Å². The highest BCUT2D eigenvalue weighted by molar-refractivity contribution is 7.92. The van der Waals surface area contributed by atoms with E-state index in [9.17, 15) is 8.42 Å². The lowest BCUT2D eigenvalue weighted by Crippen LogP contribution is -2.13. The van der Waals surface area contributed by atoms with Gasteiger partial charge in [-0.2, -0.15) is 0 Å². The number of tetrazole rings is 1. The number of rotatable bonds is 8. The van der Waals surface area contributed by atoms with Crippen LogP contribution in [-0.4, -0.2) is 48.9 Å². The van der Waals surface area contributed by atoms with Crippen molar-refractivity contribution in [2.24, 2.45) is 7.05 Å². The van der Waals surface area contributed by atoms with Gasteiger partial charge in [-0.3, -0.25) is 4.72 Å². The first-order valence-electron chi connectivity index (χ1n) is 8.49. The lowest BCUT2D eigenvalue weighted by atomic mass is 10.2. The zero-order valence-electron chi connectivity index (χ0n) is 15.8. The molecule has 0 amide bonds. The first-order chi connectivity index (χ1) is 13.4. The van der Waals surface area contributed by atoms with Crippen LogP contribution < -0.4 is 9.46 Å². The predicted molar refractivity (Wildman–Crippen MR) is 104 cm³/mol. The molecule has 0 aliphatic rings. The molecule has 148 valence electrons. The van der Waals surface area contributed by atoms with Crippen LogP contribution in [0.3, 0.4) is 0 Å². The van der Waals surface area contributed by atoms with E-state index in [4.69, 9.17) is 9.47 Å². The molecule has 0 saturated heterocycles. The maximum atomic E-state index is 12.8. The fraction of sp³-hybridized carbons (Fsp3) is 0.278. The third kappa shape index (κ3) is 4.46. The standard InChI is InChI=1S/C18H21N5O4S/c1-13-11-16(7-8-17(13)27-10-9-26-3)28(24,25)20-15-6-4-5-14(12-15)18-19-21-22-23(18)2/h4-8,11-12,20H,9-10H2,1-3H3. The van der Waals surface area contributed by atoms with E-state index in [2.05, 4.69) is 20.2 Å². The molecule has 0 spiro atoms. The molecule has 28 heavy (non-hydrogen) atoms. The highest BCUT2D eigenvalue weighted by Gasteiger charge is 2.17. The van der Waals surface area contributed by atoms with Gasteiger partial charge in [0, 0.05) is 25.4 Å². The Morgan fingerprint density at radius 1 is 1.14 bits per heavy atom. The first kappa shape index (κ1) is 19.8. The number of benzene rings is 2. The molecule has 0 radical (unpaired) electrons. The van der Waals surface area contributed by atoms with Gasteiger partial charge in [-0.05, 0) is 53.2 Å². The smallest absolute Gasteiger partial charge is 0.261 e. The SMILES string of the molecule is COCCOc1ccc(S(=O)(=O)Nc2cccc(-c3nnnn3C)c2)cc1C. The van der Waals surface area contributed by atoms with Crippen molar-refractivity contribution in [3.8, 4) is 17.1 Å². The molecule has 0 bridgehead atoms. The molecule has 1 N–H and O–H groups in total. The molecule has 1 heterocycles. The lowest BCUT2D eigenvalue weighted by molar-refractivity contribution is 0.146. The van der Waals surface area contributed by atoms with Crippen LogP contribution in [-0.2, 0) is 21.8 Å². The van der Waals surface area contributed by atoms with Crippen molar-refractivity contribution in [2.45, 2.75) is 11.8 Å². The second kappa shape index (κ2) is 8.36. The largest absolute Gasteiger partial charge is 0.491 e. The fourth-order valence-corrected chi connectivity index (χ4v) is 3.73. The van der Waals surface area contributed by atoms with Crippen molar-refractivity contribution in [2.75, 3.05) is 25.0 Å². The predicted octanol–water partition coefficient (Wildman–Crippen LogP) is 2.01. The summed E-state index contributed by atoms with van der Waals surface area (Å²) in [6, 6.07) is 11.6. The van der Waals surface area contributed by atoms with Crippen LogP contribution in [0, 0.1) is 6.92 Å². The van der Waals surface area contributed by atoms with E-state index in [1.165, 1.54) is 10.7 Å². The van der Waals surface area contributed by atoms with Gasteiger partial charge in [0.2, 0.25) is 0 Å². The minimum atomic E-state index is -3.76. The van der Waals surface area contributed by atoms with Crippen molar-refractivity contribution >= 4 is 15.7 Å². The van der Waals surface area contributed by atoms with Gasteiger partial charge in [-0.25, -0.2) is 13.1 Å². The highest BCUT2D eigenvalue weighted by Crippen LogP contribution is 2.25. The Balaban J connectivity index is 1.80. The number of nitrogens with one attached hydrogen (secondary N) is 1. The Morgan fingerprint density at radius 3 is 2.64 bits per heavy atom. The number of ether oxygens (including phenoxy) is 2. The van der Waals surface area contributed by atoms with Gasteiger partial charge in [0.25, 0.3) is 10.0 Å². The number of sulfonamides is 1. The van der Waals surface area contributed by atoms with Crippen molar-refractivity contribution in [1.29, 1.82) is 0 Å². The maximum Gasteiger partial charge on any atom is 0.261 e. The number of aryl methyl sites for hydroxylation is 2. The van der Waals surface area contributed by atoms with E-state index >= 15 is 0 Å². The monoisotopic (exact) mass is 403 g/mol. The molecule has 0 fully saturated rings. The number of methoxy groups -OCH3 is 1. The number of nitrogens with zero attached hydrogens (tertiary/aromatic N) is 4. The molecule has 0 saturated carbocycles. The summed E-state index contributed by atoms with van der Waals surface area (Å²) in [4.78, 5) is 0.148. The summed E-state index contributed by atoms with van der Waals surface area (Å²) in [6.45, 7) is 2.65. The van der Waals surface area contributed by atoms with Crippen LogP contribution in [0.15, 0.2) is 47.4 Å². The molecular weight excluding hydrogens is 382 g/mol. The van der Waals surface area contributed by atoms with Crippen molar-refractivity contribution in [1.82, 2.24) is 20.2 Å². The molecule has 0 atom stereocenters. The quantitative estimate of drug-likeness (QED) is 0.573. The highest BCUT2D eigenvalue weighted by atomic mass is 32.2. The Kier molecular flexibility index (Phi) is 5.90. The van der Waals surface area contributed by atoms with Crippen molar-refractivity contribution in [3.05, 3.63) is 48.0 Å². The molecule has 3 aromatic rings. The topological polar surface area (TPSA) is 108 Å². The average molecular weight is 403 g/mol. The second-order valence-electron chi connectivity index (χ2n) is 6.08. The Labute approximate surface area is 163 Å². The molecule has 10 heteroatoms. The van der Waals surface area contributed by atoms with Crippen LogP contribution in [0.2, 0.25) is 0 Å². The van der Waals surface area contributed by atoms with E-state index in [-0.39, 0.29) is 4.90 Å². The van der Waals surface area contributed by atoms with Crippen LogP contribution in [0.5, 0.6) is 5.75 Å². The number of hydrogen-bond acceptors (Lipinski definition) is 7. The molecular formula is C18H21N5O4S. The average Bonchev–Trinajstić information content (AvgIpc) is 3.09. The molecule has 9 nitrogen and oxygen atoms in total. The Bertz CT molecular complexity index is 1070. The van der Waals surface area contributed by atoms with Gasteiger partial charge in [0.05, 0.1) is 11.5 Å². The van der Waals surface area contributed by atoms with Crippen LogP contribution in [0.1, 0.15) is 5.56 Å². The van der Waals surface area contributed by atoms with Gasteiger partial charge in [-0.1, -0.05) is 12.1 Å². The molecule has 3 rings (SSSR count). The summed E-state index contributed by atoms with van der Waals surface area (Å²) in [5.41, 5.74) is 1.84. The van der Waals surface area contributed by atoms with E-state index < -0.39 is 10.0 Å². The minimum absolute atomic E-state index is 0.148. The van der Waals surface area contributed by atoms with Gasteiger partial charge in [0.1, 0.15) is 12.4 Å². The van der Waals surface area contributed by atoms with Crippen LogP contribution >= 0.6 is 0 Å². The Morgan fingerprint density at radius 2 is 1.96 bits per heavy atom. The fourth-order valence-electron chi connectivity index (χ4n) is 2.60. The minimum Gasteiger partial charge on any atom is -0.491 e. The van der Waals surface area contributed by atoms with Gasteiger partial charge < -0.3 is 9.47 Å². The summed E-state index contributed by atoms with van der Waals surface area (Å²) in [5, 5.41) is 11.3. The lowest BCUT2D eigenvalue weighted by Gasteiger charge is -2.12. The number of hydrogen-bond donors (Lipinski definition) is 1. The van der Waals surface area contributed by atoms with Gasteiger partial charge in [0.15, 0.2) is 5.82 Å². The third-order valence-electron chi connectivity index (χ3n) is 3.99. The molecule has 0 unspecified atom stereocenters. The summed E-state index contributed by atoms with van der Waals surface area (Å²) in [7, 11) is -0.458. The van der Waals surface area contributed by atoms with Gasteiger partial charge in [-0.15, -0.1) is 5.10 Å². The molecule has 0 aliphatic heterocycles. The van der Waals surface area contributed by atoms with Crippen LogP contribution in [0.4, 0.5) is 5.69 Å². The molecule has 0 aliphatic carbocycles. The van der Waals surface area contributed by atoms with Gasteiger partial charge >= 0.3 is 0 Å². The summed E-state index contributed by atoms with van der Waals surface area (Å²) in [5.74, 6) is 1.15. The number of aromatic nitrogens is 4. The first-order valence-corrected chi connectivity index (χ1v) is 9.97. The summed E-state index contributed by atoms with van der Waals surface area (Å²) < 4.78 is 40.2. The summed E-state index contributed by atoms with van der Waals surface area (Å²) in [6.07, 6.45) is 0. The zero-order valence-corrected chi connectivity index (χ0v) is 16.6. The second-order valence-corrected chi connectivity index (χ2v) is 7.76. The maximum absolute atomic E-state index is 12.8. The molecule has 1 aromatic heterocycles. The Hall–Kier alpha value is -2.98. The van der Waals surface area contributed by atoms with E-state index in [0.29, 0.717) is 36.0 Å².